The molecule has 2 aromatic rings. The van der Waals surface area contributed by atoms with Crippen molar-refractivity contribution in [2.24, 2.45) is 5.73 Å². The molecule has 1 aliphatic heterocycles. The minimum atomic E-state index is 0.140. The van der Waals surface area contributed by atoms with Crippen LogP contribution in [-0.4, -0.2) is 17.6 Å². The lowest BCUT2D eigenvalue weighted by Gasteiger charge is -2.17. The molecule has 3 N–H and O–H groups in total. The van der Waals surface area contributed by atoms with Crippen molar-refractivity contribution in [3.05, 3.63) is 59.2 Å². The van der Waals surface area contributed by atoms with Crippen LogP contribution in [-0.2, 0) is 6.42 Å². The van der Waals surface area contributed by atoms with E-state index in [1.165, 1.54) is 5.56 Å². The molecule has 0 fully saturated rings. The summed E-state index contributed by atoms with van der Waals surface area (Å²) >= 11 is 5.12. The Bertz CT molecular complexity index is 659. The summed E-state index contributed by atoms with van der Waals surface area (Å²) < 4.78 is 5.94. The fourth-order valence-electron chi connectivity index (χ4n) is 2.69. The zero-order chi connectivity index (χ0) is 14.8. The van der Waals surface area contributed by atoms with E-state index in [-0.39, 0.29) is 6.10 Å². The Kier molecular flexibility index (Phi) is 3.80. The van der Waals surface area contributed by atoms with Gasteiger partial charge in [-0.15, -0.1) is 0 Å². The first kappa shape index (κ1) is 13.9. The van der Waals surface area contributed by atoms with Crippen LogP contribution in [0, 0.1) is 6.92 Å². The van der Waals surface area contributed by atoms with Crippen molar-refractivity contribution in [1.82, 2.24) is 0 Å². The van der Waals surface area contributed by atoms with Crippen molar-refractivity contribution in [1.29, 1.82) is 0 Å². The van der Waals surface area contributed by atoms with E-state index in [9.17, 15) is 0 Å². The van der Waals surface area contributed by atoms with E-state index in [2.05, 4.69) is 11.4 Å². The van der Waals surface area contributed by atoms with E-state index in [1.54, 1.807) is 0 Å². The second-order valence-corrected chi connectivity index (χ2v) is 5.73. The molecule has 3 nitrogen and oxygen atoms in total. The van der Waals surface area contributed by atoms with Gasteiger partial charge < -0.3 is 15.8 Å². The molecule has 0 aromatic heterocycles. The second-order valence-electron chi connectivity index (χ2n) is 5.29. The van der Waals surface area contributed by atoms with Gasteiger partial charge in [-0.3, -0.25) is 0 Å². The molecular formula is C17H18N2OS. The summed E-state index contributed by atoms with van der Waals surface area (Å²) in [6.45, 7) is 2.78. The van der Waals surface area contributed by atoms with Crippen molar-refractivity contribution in [2.45, 2.75) is 19.4 Å². The fourth-order valence-corrected chi connectivity index (χ4v) is 2.86. The molecule has 1 aliphatic rings. The predicted octanol–water partition coefficient (Wildman–Crippen LogP) is 3.04. The van der Waals surface area contributed by atoms with E-state index in [1.807, 2.05) is 43.3 Å². The summed E-state index contributed by atoms with van der Waals surface area (Å²) in [6, 6.07) is 14.1. The molecular weight excluding hydrogens is 280 g/mol. The Hall–Kier alpha value is -2.07. The van der Waals surface area contributed by atoms with Crippen LogP contribution >= 0.6 is 12.2 Å². The van der Waals surface area contributed by atoms with E-state index in [0.717, 1.165) is 35.5 Å². The van der Waals surface area contributed by atoms with Crippen LogP contribution < -0.4 is 15.8 Å². The standard InChI is InChI=1S/C17H18N2OS/c1-11-5-4-7-14(17(18)21)16(11)19-10-13-9-12-6-2-3-8-15(12)20-13/h2-8,13,19H,9-10H2,1H3,(H2,18,21). The maximum Gasteiger partial charge on any atom is 0.123 e. The Morgan fingerprint density at radius 3 is 2.86 bits per heavy atom. The number of fused-ring (bicyclic) bond motifs is 1. The third-order valence-corrected chi connectivity index (χ3v) is 3.98. The number of hydrogen-bond donors (Lipinski definition) is 2. The van der Waals surface area contributed by atoms with Gasteiger partial charge >= 0.3 is 0 Å². The van der Waals surface area contributed by atoms with E-state index < -0.39 is 0 Å². The molecule has 0 saturated heterocycles. The first-order valence-corrected chi connectivity index (χ1v) is 7.44. The minimum Gasteiger partial charge on any atom is -0.488 e. The Balaban J connectivity index is 1.71. The second kappa shape index (κ2) is 5.74. The number of para-hydroxylation sites is 2. The monoisotopic (exact) mass is 298 g/mol. The Morgan fingerprint density at radius 1 is 1.29 bits per heavy atom. The van der Waals surface area contributed by atoms with Crippen LogP contribution in [0.5, 0.6) is 5.75 Å². The summed E-state index contributed by atoms with van der Waals surface area (Å²) in [5.74, 6) is 0.989. The number of aryl methyl sites for hydroxylation is 1. The van der Waals surface area contributed by atoms with Gasteiger partial charge in [-0.2, -0.15) is 0 Å². The molecule has 21 heavy (non-hydrogen) atoms. The van der Waals surface area contributed by atoms with Crippen LogP contribution in [0.2, 0.25) is 0 Å². The third kappa shape index (κ3) is 2.85. The van der Waals surface area contributed by atoms with Gasteiger partial charge in [0.15, 0.2) is 0 Å². The van der Waals surface area contributed by atoms with E-state index in [4.69, 9.17) is 22.7 Å². The molecule has 3 rings (SSSR count). The average molecular weight is 298 g/mol. The molecule has 1 atom stereocenters. The molecule has 0 saturated carbocycles. The van der Waals surface area contributed by atoms with Gasteiger partial charge in [-0.1, -0.05) is 42.5 Å². The lowest BCUT2D eigenvalue weighted by Crippen LogP contribution is -2.25. The van der Waals surface area contributed by atoms with Crippen molar-refractivity contribution in [2.75, 3.05) is 11.9 Å². The number of anilines is 1. The fraction of sp³-hybridized carbons (Fsp3) is 0.235. The smallest absolute Gasteiger partial charge is 0.123 e. The summed E-state index contributed by atoms with van der Waals surface area (Å²) in [6.07, 6.45) is 1.07. The number of hydrogen-bond acceptors (Lipinski definition) is 3. The Labute approximate surface area is 130 Å². The maximum atomic E-state index is 5.94. The highest BCUT2D eigenvalue weighted by Crippen LogP contribution is 2.29. The lowest BCUT2D eigenvalue weighted by atomic mass is 10.1. The third-order valence-electron chi connectivity index (χ3n) is 3.76. The van der Waals surface area contributed by atoms with Crippen LogP contribution in [0.4, 0.5) is 5.69 Å². The summed E-state index contributed by atoms with van der Waals surface area (Å²) in [7, 11) is 0. The van der Waals surface area contributed by atoms with E-state index >= 15 is 0 Å². The van der Waals surface area contributed by atoms with Gasteiger partial charge in [-0.25, -0.2) is 0 Å². The van der Waals surface area contributed by atoms with Crippen molar-refractivity contribution < 1.29 is 4.74 Å². The predicted molar refractivity (Wildman–Crippen MR) is 90.1 cm³/mol. The highest BCUT2D eigenvalue weighted by molar-refractivity contribution is 7.80. The molecule has 108 valence electrons. The normalized spacial score (nSPS) is 16.1. The number of ether oxygens (including phenoxy) is 1. The number of nitrogens with two attached hydrogens (primary N) is 1. The molecule has 0 amide bonds. The zero-order valence-corrected chi connectivity index (χ0v) is 12.7. The highest BCUT2D eigenvalue weighted by Gasteiger charge is 2.22. The van der Waals surface area contributed by atoms with Crippen LogP contribution in [0.15, 0.2) is 42.5 Å². The molecule has 1 unspecified atom stereocenters. The number of nitrogens with one attached hydrogen (secondary N) is 1. The molecule has 4 heteroatoms. The number of thiocarbonyl (C=S) groups is 1. The average Bonchev–Trinajstić information content (AvgIpc) is 2.88. The van der Waals surface area contributed by atoms with Crippen molar-refractivity contribution in [3.63, 3.8) is 0 Å². The topological polar surface area (TPSA) is 47.3 Å². The molecule has 0 spiro atoms. The van der Waals surface area contributed by atoms with Crippen molar-refractivity contribution >= 4 is 22.9 Å². The SMILES string of the molecule is Cc1cccc(C(N)=S)c1NCC1Cc2ccccc2O1. The van der Waals surface area contributed by atoms with Gasteiger partial charge in [0.1, 0.15) is 16.8 Å². The minimum absolute atomic E-state index is 0.140. The molecule has 0 radical (unpaired) electrons. The van der Waals surface area contributed by atoms with Gasteiger partial charge in [0, 0.05) is 17.7 Å². The quantitative estimate of drug-likeness (QED) is 0.852. The summed E-state index contributed by atoms with van der Waals surface area (Å²) in [5.41, 5.74) is 10.1. The number of benzene rings is 2. The van der Waals surface area contributed by atoms with Gasteiger partial charge in [-0.05, 0) is 30.2 Å². The van der Waals surface area contributed by atoms with Gasteiger partial charge in [0.25, 0.3) is 0 Å². The zero-order valence-electron chi connectivity index (χ0n) is 11.9. The van der Waals surface area contributed by atoms with Crippen LogP contribution in [0.3, 0.4) is 0 Å². The summed E-state index contributed by atoms with van der Waals surface area (Å²) in [4.78, 5) is 0.414. The first-order chi connectivity index (χ1) is 10.1. The van der Waals surface area contributed by atoms with Crippen LogP contribution in [0.1, 0.15) is 16.7 Å². The van der Waals surface area contributed by atoms with Crippen molar-refractivity contribution in [3.8, 4) is 5.75 Å². The number of rotatable bonds is 4. The van der Waals surface area contributed by atoms with Crippen LogP contribution in [0.25, 0.3) is 0 Å². The molecule has 0 bridgehead atoms. The molecule has 0 aliphatic carbocycles. The molecule has 2 aromatic carbocycles. The largest absolute Gasteiger partial charge is 0.488 e. The molecule has 1 heterocycles. The lowest BCUT2D eigenvalue weighted by molar-refractivity contribution is 0.246. The maximum absolute atomic E-state index is 5.94. The highest BCUT2D eigenvalue weighted by atomic mass is 32.1. The first-order valence-electron chi connectivity index (χ1n) is 7.03. The van der Waals surface area contributed by atoms with E-state index in [0.29, 0.717) is 4.99 Å². The van der Waals surface area contributed by atoms with Gasteiger partial charge in [0.05, 0.1) is 6.54 Å². The van der Waals surface area contributed by atoms with Gasteiger partial charge in [0.2, 0.25) is 0 Å². The summed E-state index contributed by atoms with van der Waals surface area (Å²) in [5, 5.41) is 3.45. The Morgan fingerprint density at radius 2 is 2.10 bits per heavy atom.